The number of hydrogen-bond acceptors (Lipinski definition) is 7. The van der Waals surface area contributed by atoms with Crippen LogP contribution in [-0.2, 0) is 32.1 Å². The Morgan fingerprint density at radius 2 is 1.61 bits per heavy atom. The Balaban J connectivity index is 2.03. The maximum atomic E-state index is 12.9. The van der Waals surface area contributed by atoms with Crippen LogP contribution in [-0.4, -0.2) is 42.1 Å². The number of amides is 2. The van der Waals surface area contributed by atoms with E-state index in [1.54, 1.807) is 26.0 Å². The lowest BCUT2D eigenvalue weighted by Gasteiger charge is -2.24. The van der Waals surface area contributed by atoms with Gasteiger partial charge < -0.3 is 20.1 Å². The van der Waals surface area contributed by atoms with Gasteiger partial charge in [0.1, 0.15) is 18.7 Å². The van der Waals surface area contributed by atoms with Crippen LogP contribution in [0.15, 0.2) is 54.6 Å². The molecule has 10 nitrogen and oxygen atoms in total. The molecule has 2 aromatic carbocycles. The lowest BCUT2D eigenvalue weighted by Crippen LogP contribution is -2.54. The first kappa shape index (κ1) is 25.3. The van der Waals surface area contributed by atoms with Gasteiger partial charge in [0.25, 0.3) is 5.69 Å². The Kier molecular flexibility index (Phi) is 9.34. The monoisotopic (exact) mass is 457 g/mol. The Labute approximate surface area is 191 Å². The number of hydrogen-bond donors (Lipinski definition) is 2. The van der Waals surface area contributed by atoms with E-state index in [1.807, 2.05) is 18.2 Å². The van der Waals surface area contributed by atoms with Gasteiger partial charge in [-0.05, 0) is 17.0 Å². The fraction of sp³-hybridized carbons (Fsp3) is 0.348. The van der Waals surface area contributed by atoms with Crippen molar-refractivity contribution in [3.05, 3.63) is 75.8 Å². The SMILES string of the molecule is COC(=O)[C@H](Cc1ccc([N+](=O)[O-])cc1)NC(=O)[C@H](NC(=O)OCc1ccccc1)C(C)C. The number of nitrogens with zero attached hydrogens (tertiary/aromatic N) is 1. The number of esters is 1. The summed E-state index contributed by atoms with van der Waals surface area (Å²) in [4.78, 5) is 47.6. The van der Waals surface area contributed by atoms with Crippen LogP contribution in [0.4, 0.5) is 10.5 Å². The molecule has 0 aromatic heterocycles. The molecule has 0 spiro atoms. The largest absolute Gasteiger partial charge is 0.467 e. The zero-order valence-electron chi connectivity index (χ0n) is 18.6. The number of alkyl carbamates (subject to hydrolysis) is 1. The summed E-state index contributed by atoms with van der Waals surface area (Å²) >= 11 is 0. The van der Waals surface area contributed by atoms with Gasteiger partial charge in [-0.3, -0.25) is 14.9 Å². The van der Waals surface area contributed by atoms with Crippen LogP contribution >= 0.6 is 0 Å². The topological polar surface area (TPSA) is 137 Å². The average molecular weight is 457 g/mol. The number of nitro groups is 1. The molecule has 0 bridgehead atoms. The predicted octanol–water partition coefficient (Wildman–Crippen LogP) is 2.75. The molecule has 2 atom stereocenters. The third-order valence-electron chi connectivity index (χ3n) is 4.82. The maximum Gasteiger partial charge on any atom is 0.408 e. The van der Waals surface area contributed by atoms with E-state index in [2.05, 4.69) is 10.6 Å². The Bertz CT molecular complexity index is 962. The summed E-state index contributed by atoms with van der Waals surface area (Å²) in [6.07, 6.45) is -0.711. The number of nitrogens with one attached hydrogen (secondary N) is 2. The average Bonchev–Trinajstić information content (AvgIpc) is 2.80. The van der Waals surface area contributed by atoms with Gasteiger partial charge in [-0.15, -0.1) is 0 Å². The van der Waals surface area contributed by atoms with E-state index in [-0.39, 0.29) is 24.6 Å². The van der Waals surface area contributed by atoms with E-state index >= 15 is 0 Å². The van der Waals surface area contributed by atoms with Gasteiger partial charge in [0.2, 0.25) is 5.91 Å². The van der Waals surface area contributed by atoms with Crippen LogP contribution < -0.4 is 10.6 Å². The number of non-ortho nitro benzene ring substituents is 1. The Morgan fingerprint density at radius 3 is 2.15 bits per heavy atom. The van der Waals surface area contributed by atoms with Crippen LogP contribution in [0.3, 0.4) is 0 Å². The van der Waals surface area contributed by atoms with Gasteiger partial charge in [-0.1, -0.05) is 56.3 Å². The molecule has 2 N–H and O–H groups in total. The molecule has 0 radical (unpaired) electrons. The second-order valence-electron chi connectivity index (χ2n) is 7.64. The first-order valence-electron chi connectivity index (χ1n) is 10.3. The number of rotatable bonds is 10. The van der Waals surface area contributed by atoms with Crippen LogP contribution in [0.1, 0.15) is 25.0 Å². The van der Waals surface area contributed by atoms with E-state index < -0.39 is 35.0 Å². The summed E-state index contributed by atoms with van der Waals surface area (Å²) in [7, 11) is 1.19. The number of methoxy groups -OCH3 is 1. The zero-order valence-corrected chi connectivity index (χ0v) is 18.6. The minimum Gasteiger partial charge on any atom is -0.467 e. The van der Waals surface area contributed by atoms with Crippen molar-refractivity contribution in [3.8, 4) is 0 Å². The van der Waals surface area contributed by atoms with Crippen LogP contribution in [0, 0.1) is 16.0 Å². The second-order valence-corrected chi connectivity index (χ2v) is 7.64. The van der Waals surface area contributed by atoms with Gasteiger partial charge >= 0.3 is 12.1 Å². The summed E-state index contributed by atoms with van der Waals surface area (Å²) in [6, 6.07) is 12.7. The van der Waals surface area contributed by atoms with Crippen LogP contribution in [0.2, 0.25) is 0 Å². The van der Waals surface area contributed by atoms with Crippen molar-refractivity contribution in [2.45, 2.75) is 39.0 Å². The van der Waals surface area contributed by atoms with Crippen molar-refractivity contribution in [2.75, 3.05) is 7.11 Å². The third kappa shape index (κ3) is 7.91. The molecule has 0 aliphatic rings. The van der Waals surface area contributed by atoms with Gasteiger partial charge in [-0.25, -0.2) is 9.59 Å². The molecular formula is C23H27N3O7. The third-order valence-corrected chi connectivity index (χ3v) is 4.82. The number of benzene rings is 2. The lowest BCUT2D eigenvalue weighted by molar-refractivity contribution is -0.384. The van der Waals surface area contributed by atoms with Gasteiger partial charge in [0, 0.05) is 18.6 Å². The van der Waals surface area contributed by atoms with E-state index in [1.165, 1.54) is 31.4 Å². The van der Waals surface area contributed by atoms with Gasteiger partial charge in [-0.2, -0.15) is 0 Å². The molecular weight excluding hydrogens is 430 g/mol. The number of carbonyl (C=O) groups excluding carboxylic acids is 3. The molecule has 33 heavy (non-hydrogen) atoms. The lowest BCUT2D eigenvalue weighted by atomic mass is 10.0. The summed E-state index contributed by atoms with van der Waals surface area (Å²) in [5.41, 5.74) is 1.30. The fourth-order valence-electron chi connectivity index (χ4n) is 3.01. The molecule has 0 aliphatic heterocycles. The fourth-order valence-corrected chi connectivity index (χ4v) is 3.01. The van der Waals surface area contributed by atoms with E-state index in [0.717, 1.165) is 5.56 Å². The molecule has 176 valence electrons. The Hall–Kier alpha value is -3.95. The summed E-state index contributed by atoms with van der Waals surface area (Å²) in [5, 5.41) is 15.9. The van der Waals surface area contributed by atoms with E-state index in [9.17, 15) is 24.5 Å². The van der Waals surface area contributed by atoms with E-state index in [0.29, 0.717) is 5.56 Å². The minimum atomic E-state index is -1.05. The molecule has 0 heterocycles. The van der Waals surface area contributed by atoms with Crippen molar-refractivity contribution < 1.29 is 28.8 Å². The van der Waals surface area contributed by atoms with Crippen molar-refractivity contribution in [3.63, 3.8) is 0 Å². The summed E-state index contributed by atoms with van der Waals surface area (Å²) in [5.74, 6) is -1.57. The van der Waals surface area contributed by atoms with Gasteiger partial charge in [0.05, 0.1) is 12.0 Å². The van der Waals surface area contributed by atoms with Crippen molar-refractivity contribution in [1.29, 1.82) is 0 Å². The number of nitro benzene ring substituents is 1. The highest BCUT2D eigenvalue weighted by Crippen LogP contribution is 2.14. The van der Waals surface area contributed by atoms with Gasteiger partial charge in [0.15, 0.2) is 0 Å². The van der Waals surface area contributed by atoms with E-state index in [4.69, 9.17) is 9.47 Å². The standard InChI is InChI=1S/C23H27N3O7/c1-15(2)20(25-23(29)33-14-17-7-5-4-6-8-17)21(27)24-19(22(28)32-3)13-16-9-11-18(12-10-16)26(30)31/h4-12,15,19-20H,13-14H2,1-3H3,(H,24,27)(H,25,29)/t19-,20+/m0/s1. The molecule has 0 saturated heterocycles. The maximum absolute atomic E-state index is 12.9. The second kappa shape index (κ2) is 12.2. The highest BCUT2D eigenvalue weighted by molar-refractivity contribution is 5.90. The molecule has 2 aromatic rings. The smallest absolute Gasteiger partial charge is 0.408 e. The van der Waals surface area contributed by atoms with Crippen molar-refractivity contribution in [1.82, 2.24) is 10.6 Å². The molecule has 0 saturated carbocycles. The minimum absolute atomic E-state index is 0.0457. The molecule has 10 heteroatoms. The summed E-state index contributed by atoms with van der Waals surface area (Å²) < 4.78 is 9.96. The molecule has 2 amide bonds. The normalized spacial score (nSPS) is 12.4. The predicted molar refractivity (Wildman–Crippen MR) is 119 cm³/mol. The first-order chi connectivity index (χ1) is 15.7. The number of ether oxygens (including phenoxy) is 2. The zero-order chi connectivity index (χ0) is 24.4. The Morgan fingerprint density at radius 1 is 0.970 bits per heavy atom. The molecule has 0 unspecified atom stereocenters. The number of carbonyl (C=O) groups is 3. The summed E-state index contributed by atoms with van der Waals surface area (Å²) in [6.45, 7) is 3.53. The molecule has 0 fully saturated rings. The van der Waals surface area contributed by atoms with Crippen molar-refractivity contribution >= 4 is 23.7 Å². The highest BCUT2D eigenvalue weighted by Gasteiger charge is 2.30. The molecule has 0 aliphatic carbocycles. The first-order valence-corrected chi connectivity index (χ1v) is 10.3. The quantitative estimate of drug-likeness (QED) is 0.318. The highest BCUT2D eigenvalue weighted by atomic mass is 16.6. The van der Waals surface area contributed by atoms with Crippen molar-refractivity contribution in [2.24, 2.45) is 5.92 Å². The molecule has 2 rings (SSSR count). The van der Waals surface area contributed by atoms with Crippen LogP contribution in [0.5, 0.6) is 0 Å². The van der Waals surface area contributed by atoms with Crippen LogP contribution in [0.25, 0.3) is 0 Å².